The molecular weight excluding hydrogens is 412 g/mol. The Labute approximate surface area is 194 Å². The quantitative estimate of drug-likeness (QED) is 0.499. The van der Waals surface area contributed by atoms with Crippen molar-refractivity contribution in [1.82, 2.24) is 0 Å². The Hall–Kier alpha value is -3.86. The molecule has 0 fully saturated rings. The minimum atomic E-state index is -0.375. The van der Waals surface area contributed by atoms with E-state index in [1.807, 2.05) is 95.3 Å². The fourth-order valence-electron chi connectivity index (χ4n) is 4.06. The number of hydrogen-bond donors (Lipinski definition) is 1. The summed E-state index contributed by atoms with van der Waals surface area (Å²) in [5, 5.41) is 3.22. The highest BCUT2D eigenvalue weighted by Crippen LogP contribution is 2.36. The van der Waals surface area contributed by atoms with E-state index in [0.717, 1.165) is 27.8 Å². The fourth-order valence-corrected chi connectivity index (χ4v) is 4.06. The Morgan fingerprint density at radius 3 is 2.30 bits per heavy atom. The third-order valence-corrected chi connectivity index (χ3v) is 5.90. The highest BCUT2D eigenvalue weighted by atomic mass is 16.5. The zero-order chi connectivity index (χ0) is 23.7. The summed E-state index contributed by atoms with van der Waals surface area (Å²) in [6, 6.07) is 18.9. The van der Waals surface area contributed by atoms with Crippen molar-refractivity contribution < 1.29 is 14.3 Å². The number of nitrogens with zero attached hydrogens (tertiary/aromatic N) is 1. The Bertz CT molecular complexity index is 1290. The fraction of sp³-hybridized carbons (Fsp3) is 0.214. The maximum atomic E-state index is 13.7. The predicted octanol–water partition coefficient (Wildman–Crippen LogP) is 5.72. The van der Waals surface area contributed by atoms with Crippen molar-refractivity contribution >= 4 is 28.8 Å². The van der Waals surface area contributed by atoms with Crippen LogP contribution in [0.2, 0.25) is 0 Å². The summed E-state index contributed by atoms with van der Waals surface area (Å²) in [5.74, 6) is -0.0161. The van der Waals surface area contributed by atoms with Crippen LogP contribution in [0.1, 0.15) is 34.7 Å². The third kappa shape index (κ3) is 4.27. The molecule has 168 valence electrons. The molecule has 5 nitrogen and oxygen atoms in total. The number of amides is 2. The van der Waals surface area contributed by atoms with Crippen molar-refractivity contribution in [2.45, 2.75) is 34.6 Å². The minimum Gasteiger partial charge on any atom is -0.494 e. The molecule has 5 heteroatoms. The molecule has 0 aromatic heterocycles. The first-order valence-corrected chi connectivity index (χ1v) is 11.1. The average Bonchev–Trinajstić information content (AvgIpc) is 3.00. The molecule has 1 aliphatic rings. The molecule has 1 heterocycles. The van der Waals surface area contributed by atoms with Gasteiger partial charge in [-0.15, -0.1) is 0 Å². The molecule has 3 aromatic rings. The van der Waals surface area contributed by atoms with Crippen LogP contribution < -0.4 is 15.0 Å². The van der Waals surface area contributed by atoms with Crippen LogP contribution in [0.3, 0.4) is 0 Å². The topological polar surface area (TPSA) is 58.6 Å². The molecule has 0 bridgehead atoms. The zero-order valence-corrected chi connectivity index (χ0v) is 19.7. The summed E-state index contributed by atoms with van der Waals surface area (Å²) in [7, 11) is 0. The van der Waals surface area contributed by atoms with E-state index in [2.05, 4.69) is 5.32 Å². The van der Waals surface area contributed by atoms with Crippen LogP contribution >= 0.6 is 0 Å². The second-order valence-electron chi connectivity index (χ2n) is 8.37. The Morgan fingerprint density at radius 2 is 1.61 bits per heavy atom. The smallest absolute Gasteiger partial charge is 0.282 e. The van der Waals surface area contributed by atoms with Crippen molar-refractivity contribution in [3.63, 3.8) is 0 Å². The zero-order valence-electron chi connectivity index (χ0n) is 19.7. The molecule has 33 heavy (non-hydrogen) atoms. The summed E-state index contributed by atoms with van der Waals surface area (Å²) in [6.07, 6.45) is 0. The van der Waals surface area contributed by atoms with E-state index in [1.165, 1.54) is 4.90 Å². The van der Waals surface area contributed by atoms with Crippen molar-refractivity contribution in [3.8, 4) is 5.75 Å². The molecule has 0 saturated carbocycles. The Morgan fingerprint density at radius 1 is 0.818 bits per heavy atom. The van der Waals surface area contributed by atoms with E-state index in [0.29, 0.717) is 29.3 Å². The van der Waals surface area contributed by atoms with Crippen LogP contribution in [0.5, 0.6) is 5.75 Å². The highest BCUT2D eigenvalue weighted by Gasteiger charge is 2.40. The molecule has 0 atom stereocenters. The molecule has 4 rings (SSSR count). The third-order valence-electron chi connectivity index (χ3n) is 5.90. The number of ether oxygens (including phenoxy) is 1. The van der Waals surface area contributed by atoms with Crippen molar-refractivity contribution in [3.05, 3.63) is 94.2 Å². The lowest BCUT2D eigenvalue weighted by molar-refractivity contribution is -0.120. The standard InChI is InChI=1S/C28H28N2O3/c1-6-33-23-9-7-8-21(16-23)29-26-25(24-13-10-17(2)14-20(24)5)27(31)30(28(26)32)22-12-11-18(3)19(4)15-22/h7-16,29H,6H2,1-5H3. The molecule has 2 amide bonds. The molecule has 0 unspecified atom stereocenters. The number of nitrogens with one attached hydrogen (secondary N) is 1. The number of imide groups is 1. The van der Waals surface area contributed by atoms with Gasteiger partial charge in [0.25, 0.3) is 11.8 Å². The van der Waals surface area contributed by atoms with E-state index in [4.69, 9.17) is 4.74 Å². The van der Waals surface area contributed by atoms with Gasteiger partial charge in [-0.2, -0.15) is 0 Å². The number of rotatable bonds is 6. The van der Waals surface area contributed by atoms with Crippen molar-refractivity contribution in [2.75, 3.05) is 16.8 Å². The molecule has 0 radical (unpaired) electrons. The summed E-state index contributed by atoms with van der Waals surface area (Å²) in [5.41, 5.74) is 6.79. The number of hydrogen-bond acceptors (Lipinski definition) is 4. The van der Waals surface area contributed by atoms with Crippen LogP contribution in [-0.2, 0) is 9.59 Å². The molecule has 1 aliphatic heterocycles. The van der Waals surface area contributed by atoms with Gasteiger partial charge in [0.15, 0.2) is 0 Å². The Kier molecular flexibility index (Phi) is 6.05. The van der Waals surface area contributed by atoms with Gasteiger partial charge in [0.2, 0.25) is 0 Å². The average molecular weight is 441 g/mol. The highest BCUT2D eigenvalue weighted by molar-refractivity contribution is 6.46. The number of anilines is 2. The second-order valence-corrected chi connectivity index (χ2v) is 8.37. The number of carbonyl (C=O) groups excluding carboxylic acids is 2. The largest absolute Gasteiger partial charge is 0.494 e. The number of benzene rings is 3. The summed E-state index contributed by atoms with van der Waals surface area (Å²) < 4.78 is 5.60. The van der Waals surface area contributed by atoms with Crippen LogP contribution in [0, 0.1) is 27.7 Å². The molecule has 0 aliphatic carbocycles. The SMILES string of the molecule is CCOc1cccc(NC2=C(c3ccc(C)cc3C)C(=O)N(c3ccc(C)c(C)c3)C2=O)c1. The van der Waals surface area contributed by atoms with Crippen LogP contribution in [0.15, 0.2) is 66.4 Å². The van der Waals surface area contributed by atoms with Crippen LogP contribution in [0.4, 0.5) is 11.4 Å². The van der Waals surface area contributed by atoms with E-state index in [9.17, 15) is 9.59 Å². The number of aryl methyl sites for hydroxylation is 4. The van der Waals surface area contributed by atoms with Gasteiger partial charge in [0, 0.05) is 11.8 Å². The van der Waals surface area contributed by atoms with Gasteiger partial charge in [-0.05, 0) is 81.1 Å². The van der Waals surface area contributed by atoms with Gasteiger partial charge >= 0.3 is 0 Å². The first-order chi connectivity index (χ1) is 15.8. The van der Waals surface area contributed by atoms with Gasteiger partial charge in [0.05, 0.1) is 17.9 Å². The second kappa shape index (κ2) is 8.94. The van der Waals surface area contributed by atoms with Gasteiger partial charge in [-0.25, -0.2) is 4.90 Å². The van der Waals surface area contributed by atoms with E-state index in [1.54, 1.807) is 0 Å². The van der Waals surface area contributed by atoms with Gasteiger partial charge in [-0.1, -0.05) is 35.9 Å². The maximum absolute atomic E-state index is 13.7. The molecular formula is C28H28N2O3. The van der Waals surface area contributed by atoms with Crippen molar-refractivity contribution in [1.29, 1.82) is 0 Å². The molecule has 0 saturated heterocycles. The lowest BCUT2D eigenvalue weighted by Gasteiger charge is -2.17. The Balaban J connectivity index is 1.84. The lowest BCUT2D eigenvalue weighted by Crippen LogP contribution is -2.32. The van der Waals surface area contributed by atoms with Crippen LogP contribution in [-0.4, -0.2) is 18.4 Å². The normalized spacial score (nSPS) is 13.7. The summed E-state index contributed by atoms with van der Waals surface area (Å²) in [6.45, 7) is 10.4. The van der Waals surface area contributed by atoms with E-state index >= 15 is 0 Å². The number of carbonyl (C=O) groups is 2. The monoisotopic (exact) mass is 440 g/mol. The minimum absolute atomic E-state index is 0.263. The summed E-state index contributed by atoms with van der Waals surface area (Å²) >= 11 is 0. The lowest BCUT2D eigenvalue weighted by atomic mass is 9.97. The van der Waals surface area contributed by atoms with Crippen molar-refractivity contribution in [2.24, 2.45) is 0 Å². The predicted molar refractivity (Wildman–Crippen MR) is 132 cm³/mol. The van der Waals surface area contributed by atoms with Gasteiger partial charge < -0.3 is 10.1 Å². The first-order valence-electron chi connectivity index (χ1n) is 11.1. The molecule has 1 N–H and O–H groups in total. The summed E-state index contributed by atoms with van der Waals surface area (Å²) in [4.78, 5) is 28.6. The van der Waals surface area contributed by atoms with E-state index in [-0.39, 0.29) is 17.5 Å². The maximum Gasteiger partial charge on any atom is 0.282 e. The van der Waals surface area contributed by atoms with Gasteiger partial charge in [-0.3, -0.25) is 9.59 Å². The molecule has 0 spiro atoms. The molecule has 3 aromatic carbocycles. The van der Waals surface area contributed by atoms with Gasteiger partial charge in [0.1, 0.15) is 11.4 Å². The first kappa shape index (κ1) is 22.3. The van der Waals surface area contributed by atoms with E-state index < -0.39 is 0 Å². The van der Waals surface area contributed by atoms with Crippen LogP contribution in [0.25, 0.3) is 5.57 Å².